The van der Waals surface area contributed by atoms with E-state index < -0.39 is 0 Å². The fourth-order valence-electron chi connectivity index (χ4n) is 4.23. The number of benzene rings is 3. The van der Waals surface area contributed by atoms with Gasteiger partial charge in [0.1, 0.15) is 17.1 Å². The maximum Gasteiger partial charge on any atom is 0.244 e. The summed E-state index contributed by atoms with van der Waals surface area (Å²) in [6.45, 7) is 7.62. The molecule has 0 aliphatic carbocycles. The molecule has 0 bridgehead atoms. The summed E-state index contributed by atoms with van der Waals surface area (Å²) >= 11 is 0. The first-order valence-electron chi connectivity index (χ1n) is 12.5. The Labute approximate surface area is 212 Å². The van der Waals surface area contributed by atoms with Crippen molar-refractivity contribution in [3.63, 3.8) is 0 Å². The van der Waals surface area contributed by atoms with Gasteiger partial charge in [-0.25, -0.2) is 0 Å². The second-order valence-corrected chi connectivity index (χ2v) is 8.59. The molecule has 36 heavy (non-hydrogen) atoms. The van der Waals surface area contributed by atoms with Crippen LogP contribution in [0.3, 0.4) is 0 Å². The molecule has 1 N–H and O–H groups in total. The Morgan fingerprint density at radius 3 is 2.44 bits per heavy atom. The van der Waals surface area contributed by atoms with Crippen molar-refractivity contribution in [2.24, 2.45) is 0 Å². The molecule has 5 heteroatoms. The van der Waals surface area contributed by atoms with Gasteiger partial charge in [-0.15, -0.1) is 0 Å². The Morgan fingerprint density at radius 1 is 0.972 bits per heavy atom. The molecule has 0 saturated carbocycles. The number of hydrogen-bond acceptors (Lipinski definition) is 4. The number of allylic oxidation sites excluding steroid dienone is 1. The highest BCUT2D eigenvalue weighted by Gasteiger charge is 2.15. The summed E-state index contributed by atoms with van der Waals surface area (Å²) in [5.41, 5.74) is 5.73. The number of furan rings is 1. The van der Waals surface area contributed by atoms with E-state index in [4.69, 9.17) is 13.9 Å². The van der Waals surface area contributed by atoms with Gasteiger partial charge in [0, 0.05) is 35.2 Å². The summed E-state index contributed by atoms with van der Waals surface area (Å²) in [6, 6.07) is 22.2. The van der Waals surface area contributed by atoms with E-state index in [2.05, 4.69) is 17.4 Å². The second-order valence-electron chi connectivity index (χ2n) is 8.59. The van der Waals surface area contributed by atoms with Gasteiger partial charge < -0.3 is 19.2 Å². The number of rotatable bonds is 11. The molecule has 0 fully saturated rings. The van der Waals surface area contributed by atoms with Crippen molar-refractivity contribution >= 4 is 22.4 Å². The molecule has 0 aliphatic heterocycles. The molecular formula is C31H33NO4. The number of hydrogen-bond donors (Lipinski definition) is 1. The first-order valence-corrected chi connectivity index (χ1v) is 12.5. The number of fused-ring (bicyclic) bond motifs is 1. The maximum absolute atomic E-state index is 12.6. The lowest BCUT2D eigenvalue weighted by Crippen LogP contribution is -2.22. The van der Waals surface area contributed by atoms with Crippen LogP contribution >= 0.6 is 0 Å². The van der Waals surface area contributed by atoms with Gasteiger partial charge in [0.25, 0.3) is 0 Å². The number of carbonyl (C=O) groups excluding carboxylic acids is 1. The molecule has 4 aromatic rings. The van der Waals surface area contributed by atoms with Gasteiger partial charge in [-0.05, 0) is 68.5 Å². The fraction of sp³-hybridized carbons (Fsp3) is 0.258. The highest BCUT2D eigenvalue weighted by atomic mass is 16.5. The zero-order valence-corrected chi connectivity index (χ0v) is 21.2. The van der Waals surface area contributed by atoms with Crippen molar-refractivity contribution < 1.29 is 18.7 Å². The van der Waals surface area contributed by atoms with Crippen molar-refractivity contribution in [2.45, 2.75) is 33.6 Å². The fourth-order valence-corrected chi connectivity index (χ4v) is 4.23. The van der Waals surface area contributed by atoms with Crippen LogP contribution in [0.5, 0.6) is 11.5 Å². The third-order valence-corrected chi connectivity index (χ3v) is 6.01. The normalized spacial score (nSPS) is 11.5. The molecule has 0 aliphatic rings. The molecule has 186 valence electrons. The highest BCUT2D eigenvalue weighted by molar-refractivity contribution is 6.00. The van der Waals surface area contributed by atoms with Crippen LogP contribution in [-0.4, -0.2) is 25.7 Å². The quantitative estimate of drug-likeness (QED) is 0.183. The molecular weight excluding hydrogens is 450 g/mol. The lowest BCUT2D eigenvalue weighted by atomic mass is 9.99. The summed E-state index contributed by atoms with van der Waals surface area (Å²) in [4.78, 5) is 12.6. The number of carbonyl (C=O) groups is 1. The van der Waals surface area contributed by atoms with Crippen molar-refractivity contribution in [1.29, 1.82) is 0 Å². The third-order valence-electron chi connectivity index (χ3n) is 6.01. The number of nitrogens with one attached hydrogen (secondary N) is 1. The number of aryl methyl sites for hydroxylation is 1. The maximum atomic E-state index is 12.6. The molecule has 1 amide bonds. The van der Waals surface area contributed by atoms with E-state index in [0.717, 1.165) is 51.8 Å². The topological polar surface area (TPSA) is 60.7 Å². The minimum atomic E-state index is -0.109. The minimum absolute atomic E-state index is 0.109. The molecule has 3 aromatic carbocycles. The van der Waals surface area contributed by atoms with E-state index in [1.807, 2.05) is 75.4 Å². The van der Waals surface area contributed by atoms with E-state index in [0.29, 0.717) is 25.5 Å². The van der Waals surface area contributed by atoms with E-state index in [9.17, 15) is 4.79 Å². The first kappa shape index (κ1) is 25.1. The van der Waals surface area contributed by atoms with Crippen LogP contribution in [0.4, 0.5) is 0 Å². The van der Waals surface area contributed by atoms with Crippen LogP contribution in [0.1, 0.15) is 38.3 Å². The van der Waals surface area contributed by atoms with Gasteiger partial charge in [0.05, 0.1) is 19.5 Å². The molecule has 1 heterocycles. The van der Waals surface area contributed by atoms with Crippen LogP contribution in [0.15, 0.2) is 83.5 Å². The van der Waals surface area contributed by atoms with Crippen molar-refractivity contribution in [1.82, 2.24) is 5.32 Å². The lowest BCUT2D eigenvalue weighted by molar-refractivity contribution is -0.116. The lowest BCUT2D eigenvalue weighted by Gasteiger charge is -2.12. The molecule has 0 atom stereocenters. The Morgan fingerprint density at radius 2 is 1.72 bits per heavy atom. The van der Waals surface area contributed by atoms with Crippen LogP contribution in [0, 0.1) is 0 Å². The van der Waals surface area contributed by atoms with Gasteiger partial charge in [0.15, 0.2) is 0 Å². The smallest absolute Gasteiger partial charge is 0.244 e. The Hall–Kier alpha value is -3.99. The SMILES string of the molecule is CCOc1ccc(-c2coc3cc(OCC)c(/C(C)=C/C(=O)NCCCc4ccccc4)cc23)cc1. The van der Waals surface area contributed by atoms with Crippen LogP contribution in [0.2, 0.25) is 0 Å². The minimum Gasteiger partial charge on any atom is -0.494 e. The molecule has 0 saturated heterocycles. The Kier molecular flexibility index (Phi) is 8.45. The predicted octanol–water partition coefficient (Wildman–Crippen LogP) is 7.05. The monoisotopic (exact) mass is 483 g/mol. The molecule has 0 spiro atoms. The number of amides is 1. The third kappa shape index (κ3) is 6.16. The summed E-state index contributed by atoms with van der Waals surface area (Å²) < 4.78 is 17.3. The summed E-state index contributed by atoms with van der Waals surface area (Å²) in [6.07, 6.45) is 5.23. The molecule has 0 radical (unpaired) electrons. The summed E-state index contributed by atoms with van der Waals surface area (Å²) in [5.74, 6) is 1.42. The van der Waals surface area contributed by atoms with Crippen molar-refractivity contribution in [3.05, 3.63) is 90.2 Å². The largest absolute Gasteiger partial charge is 0.494 e. The van der Waals surface area contributed by atoms with Crippen molar-refractivity contribution in [3.8, 4) is 22.6 Å². The highest BCUT2D eigenvalue weighted by Crippen LogP contribution is 2.38. The predicted molar refractivity (Wildman–Crippen MR) is 145 cm³/mol. The van der Waals surface area contributed by atoms with Crippen LogP contribution < -0.4 is 14.8 Å². The zero-order chi connectivity index (χ0) is 25.3. The Balaban J connectivity index is 1.53. The summed E-state index contributed by atoms with van der Waals surface area (Å²) in [7, 11) is 0. The van der Waals surface area contributed by atoms with Gasteiger partial charge in [0.2, 0.25) is 5.91 Å². The molecule has 0 unspecified atom stereocenters. The van der Waals surface area contributed by atoms with Gasteiger partial charge >= 0.3 is 0 Å². The molecule has 1 aromatic heterocycles. The zero-order valence-electron chi connectivity index (χ0n) is 21.2. The standard InChI is InChI=1S/C31H33NO4/c1-4-34-25-15-13-24(14-16-25)28-21-36-30-20-29(35-5-2)26(19-27(28)30)22(3)18-31(33)32-17-9-12-23-10-7-6-8-11-23/h6-8,10-11,13-16,18-21H,4-5,9,12,17H2,1-3H3,(H,32,33)/b22-18+. The van der Waals surface area contributed by atoms with E-state index in [-0.39, 0.29) is 5.91 Å². The average molecular weight is 484 g/mol. The molecule has 5 nitrogen and oxygen atoms in total. The Bertz CT molecular complexity index is 1320. The second kappa shape index (κ2) is 12.1. The van der Waals surface area contributed by atoms with E-state index in [1.54, 1.807) is 12.3 Å². The van der Waals surface area contributed by atoms with E-state index in [1.165, 1.54) is 5.56 Å². The molecule has 4 rings (SSSR count). The van der Waals surface area contributed by atoms with Gasteiger partial charge in [-0.3, -0.25) is 4.79 Å². The average Bonchev–Trinajstić information content (AvgIpc) is 3.30. The van der Waals surface area contributed by atoms with E-state index >= 15 is 0 Å². The van der Waals surface area contributed by atoms with Gasteiger partial charge in [-0.1, -0.05) is 42.5 Å². The van der Waals surface area contributed by atoms with Crippen LogP contribution in [-0.2, 0) is 11.2 Å². The summed E-state index contributed by atoms with van der Waals surface area (Å²) in [5, 5.41) is 3.97. The number of ether oxygens (including phenoxy) is 2. The van der Waals surface area contributed by atoms with Crippen molar-refractivity contribution in [2.75, 3.05) is 19.8 Å². The van der Waals surface area contributed by atoms with Gasteiger partial charge in [-0.2, -0.15) is 0 Å². The first-order chi connectivity index (χ1) is 17.6. The van der Waals surface area contributed by atoms with Crippen LogP contribution in [0.25, 0.3) is 27.7 Å².